The lowest BCUT2D eigenvalue weighted by Crippen LogP contribution is -2.66. The Balaban J connectivity index is 1.77. The first-order valence-electron chi connectivity index (χ1n) is 10.3. The van der Waals surface area contributed by atoms with E-state index in [1.165, 1.54) is 6.08 Å². The number of rotatable bonds is 8. The van der Waals surface area contributed by atoms with Crippen molar-refractivity contribution >= 4 is 28.8 Å². The van der Waals surface area contributed by atoms with Crippen LogP contribution in [0.15, 0.2) is 72.3 Å². The third-order valence-corrected chi connectivity index (χ3v) is 11.7. The molecule has 9 heteroatoms. The summed E-state index contributed by atoms with van der Waals surface area (Å²) in [5.41, 5.74) is -4.59. The lowest BCUT2D eigenvalue weighted by atomic mass is 9.93. The molecule has 1 aliphatic carbocycles. The molecule has 0 spiro atoms. The monoisotopic (exact) mass is 484 g/mol. The second-order valence-corrected chi connectivity index (χ2v) is 14.7. The van der Waals surface area contributed by atoms with Crippen molar-refractivity contribution in [3.05, 3.63) is 72.3 Å². The van der Waals surface area contributed by atoms with Crippen LogP contribution in [0.25, 0.3) is 0 Å². The van der Waals surface area contributed by atoms with Gasteiger partial charge in [-0.1, -0.05) is 93.1 Å². The van der Waals surface area contributed by atoms with Crippen molar-refractivity contribution in [3.63, 3.8) is 0 Å². The summed E-state index contributed by atoms with van der Waals surface area (Å²) in [5, 5.41) is 2.09. The second kappa shape index (κ2) is 9.13. The molecule has 0 amide bonds. The SMILES string of the molecule is CC(C)(C)[Si](OCCC1=CC(OS(=O)(=O)C(F)(F)F)C1)(c1ccccc1)c1ccccc1. The van der Waals surface area contributed by atoms with Gasteiger partial charge in [0.15, 0.2) is 0 Å². The fourth-order valence-electron chi connectivity index (χ4n) is 4.05. The van der Waals surface area contributed by atoms with Crippen LogP contribution in [-0.2, 0) is 18.7 Å². The lowest BCUT2D eigenvalue weighted by molar-refractivity contribution is -0.0565. The summed E-state index contributed by atoms with van der Waals surface area (Å²) in [5.74, 6) is 0. The van der Waals surface area contributed by atoms with Crippen molar-refractivity contribution < 1.29 is 30.2 Å². The summed E-state index contributed by atoms with van der Waals surface area (Å²) >= 11 is 0. The van der Waals surface area contributed by atoms with Crippen LogP contribution >= 0.6 is 0 Å². The maximum absolute atomic E-state index is 12.5. The summed E-state index contributed by atoms with van der Waals surface area (Å²) in [6, 6.07) is 20.2. The second-order valence-electron chi connectivity index (χ2n) is 8.83. The molecule has 0 N–H and O–H groups in total. The minimum absolute atomic E-state index is 0.138. The Morgan fingerprint density at radius 2 is 1.41 bits per heavy atom. The quantitative estimate of drug-likeness (QED) is 0.239. The molecular weight excluding hydrogens is 457 g/mol. The van der Waals surface area contributed by atoms with E-state index >= 15 is 0 Å². The van der Waals surface area contributed by atoms with Crippen LogP contribution in [0.5, 0.6) is 0 Å². The molecule has 0 saturated heterocycles. The Hall–Kier alpha value is -1.94. The molecule has 1 unspecified atom stereocenters. The molecule has 1 atom stereocenters. The highest BCUT2D eigenvalue weighted by atomic mass is 32.2. The molecule has 0 aliphatic heterocycles. The van der Waals surface area contributed by atoms with E-state index in [1.807, 2.05) is 36.4 Å². The highest BCUT2D eigenvalue weighted by Gasteiger charge is 2.51. The zero-order valence-electron chi connectivity index (χ0n) is 18.2. The molecule has 1 aliphatic rings. The summed E-state index contributed by atoms with van der Waals surface area (Å²) in [6.45, 7) is 6.85. The molecule has 0 radical (unpaired) electrons. The van der Waals surface area contributed by atoms with Crippen molar-refractivity contribution in [2.75, 3.05) is 6.61 Å². The van der Waals surface area contributed by atoms with E-state index in [0.29, 0.717) is 13.0 Å². The van der Waals surface area contributed by atoms with Crippen molar-refractivity contribution in [1.82, 2.24) is 0 Å². The minimum Gasteiger partial charge on any atom is -0.407 e. The van der Waals surface area contributed by atoms with Gasteiger partial charge in [0.1, 0.15) is 0 Å². The largest absolute Gasteiger partial charge is 0.523 e. The average Bonchev–Trinajstić information content (AvgIpc) is 2.68. The van der Waals surface area contributed by atoms with Gasteiger partial charge in [-0.25, -0.2) is 0 Å². The van der Waals surface area contributed by atoms with Crippen LogP contribution in [0.4, 0.5) is 13.2 Å². The van der Waals surface area contributed by atoms with Crippen LogP contribution in [0.1, 0.15) is 33.6 Å². The predicted octanol–water partition coefficient (Wildman–Crippen LogP) is 4.52. The molecule has 2 aromatic carbocycles. The number of halogens is 3. The zero-order valence-corrected chi connectivity index (χ0v) is 20.0. The van der Waals surface area contributed by atoms with Crippen LogP contribution in [0.3, 0.4) is 0 Å². The fraction of sp³-hybridized carbons (Fsp3) is 0.391. The first-order chi connectivity index (χ1) is 14.9. The fourth-order valence-corrected chi connectivity index (χ4v) is 9.17. The molecule has 32 heavy (non-hydrogen) atoms. The van der Waals surface area contributed by atoms with Gasteiger partial charge in [-0.2, -0.15) is 21.6 Å². The summed E-state index contributed by atoms with van der Waals surface area (Å²) < 4.78 is 70.7. The Bertz CT molecular complexity index is 1010. The van der Waals surface area contributed by atoms with Crippen molar-refractivity contribution in [3.8, 4) is 0 Å². The van der Waals surface area contributed by atoms with E-state index in [2.05, 4.69) is 49.2 Å². The van der Waals surface area contributed by atoms with E-state index < -0.39 is 30.0 Å². The number of hydrogen-bond donors (Lipinski definition) is 0. The van der Waals surface area contributed by atoms with Crippen molar-refractivity contribution in [1.29, 1.82) is 0 Å². The van der Waals surface area contributed by atoms with Gasteiger partial charge >= 0.3 is 15.6 Å². The summed E-state index contributed by atoms with van der Waals surface area (Å²) in [6.07, 6.45) is 0.984. The van der Waals surface area contributed by atoms with Crippen LogP contribution in [0, 0.1) is 0 Å². The van der Waals surface area contributed by atoms with Crippen LogP contribution in [0.2, 0.25) is 5.04 Å². The highest BCUT2D eigenvalue weighted by Crippen LogP contribution is 2.37. The van der Waals surface area contributed by atoms with E-state index in [4.69, 9.17) is 4.43 Å². The van der Waals surface area contributed by atoms with Gasteiger partial charge in [-0.15, -0.1) is 0 Å². The van der Waals surface area contributed by atoms with Crippen molar-refractivity contribution in [2.45, 2.75) is 50.3 Å². The summed E-state index contributed by atoms with van der Waals surface area (Å²) in [4.78, 5) is 0. The van der Waals surface area contributed by atoms with E-state index in [-0.39, 0.29) is 11.5 Å². The average molecular weight is 485 g/mol. The normalized spacial score (nSPS) is 17.6. The Morgan fingerprint density at radius 1 is 0.938 bits per heavy atom. The smallest absolute Gasteiger partial charge is 0.407 e. The number of hydrogen-bond acceptors (Lipinski definition) is 4. The maximum Gasteiger partial charge on any atom is 0.523 e. The van der Waals surface area contributed by atoms with E-state index in [0.717, 1.165) is 15.9 Å². The predicted molar refractivity (Wildman–Crippen MR) is 121 cm³/mol. The number of alkyl halides is 3. The molecule has 2 aromatic rings. The third kappa shape index (κ3) is 5.01. The van der Waals surface area contributed by atoms with Crippen LogP contribution < -0.4 is 10.4 Å². The molecule has 3 rings (SSSR count). The third-order valence-electron chi connectivity index (χ3n) is 5.58. The Kier molecular flexibility index (Phi) is 7.04. The lowest BCUT2D eigenvalue weighted by Gasteiger charge is -2.43. The molecule has 0 bridgehead atoms. The van der Waals surface area contributed by atoms with E-state index in [9.17, 15) is 21.6 Å². The molecule has 174 valence electrons. The molecule has 0 aromatic heterocycles. The van der Waals surface area contributed by atoms with Gasteiger partial charge in [0.25, 0.3) is 8.32 Å². The first kappa shape index (κ1) is 24.7. The zero-order chi connectivity index (χ0) is 23.6. The number of benzene rings is 2. The summed E-state index contributed by atoms with van der Waals surface area (Å²) in [7, 11) is -8.27. The maximum atomic E-state index is 12.5. The van der Waals surface area contributed by atoms with Crippen LogP contribution in [-0.4, -0.2) is 35.0 Å². The molecule has 0 heterocycles. The molecule has 0 fully saturated rings. The molecule has 4 nitrogen and oxygen atoms in total. The molecular formula is C23H27F3O4SSi. The van der Waals surface area contributed by atoms with E-state index in [1.54, 1.807) is 0 Å². The van der Waals surface area contributed by atoms with Gasteiger partial charge in [0.05, 0.1) is 6.10 Å². The molecule has 0 saturated carbocycles. The van der Waals surface area contributed by atoms with Gasteiger partial charge in [0, 0.05) is 6.61 Å². The van der Waals surface area contributed by atoms with Gasteiger partial charge in [-0.3, -0.25) is 4.18 Å². The Labute approximate surface area is 188 Å². The van der Waals surface area contributed by atoms with Gasteiger partial charge in [0.2, 0.25) is 0 Å². The van der Waals surface area contributed by atoms with Crippen molar-refractivity contribution in [2.24, 2.45) is 0 Å². The minimum atomic E-state index is -5.59. The first-order valence-corrected chi connectivity index (χ1v) is 13.6. The van der Waals surface area contributed by atoms with Gasteiger partial charge in [-0.05, 0) is 28.3 Å². The topological polar surface area (TPSA) is 52.6 Å². The Morgan fingerprint density at radius 3 is 1.81 bits per heavy atom. The van der Waals surface area contributed by atoms with Gasteiger partial charge < -0.3 is 4.43 Å². The highest BCUT2D eigenvalue weighted by molar-refractivity contribution is 7.87. The standard InChI is InChI=1S/C23H27F3O4SSi/c1-22(2,3)32(20-10-6-4-7-11-20,21-12-8-5-9-13-21)29-15-14-18-16-19(17-18)30-31(27,28)23(24,25)26/h4-13,16,19H,14-15,17H2,1-3H3.